The zero-order valence-electron chi connectivity index (χ0n) is 8.19. The summed E-state index contributed by atoms with van der Waals surface area (Å²) >= 11 is 3.28. The third kappa shape index (κ3) is 1.33. The molecule has 3 heteroatoms. The smallest absolute Gasteiger partial charge is 0.0482 e. The third-order valence-corrected chi connectivity index (χ3v) is 4.21. The minimum atomic E-state index is -0.943. The zero-order valence-corrected chi connectivity index (χ0v) is 9.77. The fraction of sp³-hybridized carbons (Fsp3) is 0.700. The summed E-state index contributed by atoms with van der Waals surface area (Å²) in [7, 11) is 0. The summed E-state index contributed by atoms with van der Waals surface area (Å²) in [6.07, 6.45) is 1.50. The maximum absolute atomic E-state index is 11.0. The maximum Gasteiger partial charge on any atom is 0.0482 e. The van der Waals surface area contributed by atoms with Crippen molar-refractivity contribution in [1.29, 1.82) is 0 Å². The molecule has 0 saturated heterocycles. The molecule has 2 nitrogen and oxygen atoms in total. The van der Waals surface area contributed by atoms with Crippen LogP contribution >= 0.6 is 15.9 Å². The van der Waals surface area contributed by atoms with Crippen molar-refractivity contribution in [2.24, 2.45) is 10.8 Å². The van der Waals surface area contributed by atoms with Crippen LogP contribution in [0.5, 0.6) is 0 Å². The summed E-state index contributed by atoms with van der Waals surface area (Å²) in [5.74, 6) is -0.943. The van der Waals surface area contributed by atoms with Crippen LogP contribution in [0, 0.1) is 10.8 Å². The Labute approximate surface area is 87.2 Å². The van der Waals surface area contributed by atoms with Gasteiger partial charge in [0.05, 0.1) is 0 Å². The average molecular weight is 246 g/mol. The van der Waals surface area contributed by atoms with E-state index in [1.807, 2.05) is 18.8 Å². The first-order valence-electron chi connectivity index (χ1n) is 4.37. The van der Waals surface area contributed by atoms with Crippen molar-refractivity contribution in [3.63, 3.8) is 0 Å². The molecule has 0 amide bonds. The molecule has 1 aliphatic carbocycles. The highest BCUT2D eigenvalue weighted by Crippen LogP contribution is 2.55. The molecule has 0 N–H and O–H groups in total. The number of hydrogen-bond acceptors (Lipinski definition) is 2. The Morgan fingerprint density at radius 3 is 2.31 bits per heavy atom. The van der Waals surface area contributed by atoms with Gasteiger partial charge in [0.1, 0.15) is 0 Å². The molecule has 0 aromatic rings. The number of carboxylic acid groups (broad SMARTS) is 1. The van der Waals surface area contributed by atoms with E-state index in [0.717, 1.165) is 12.0 Å². The Hall–Kier alpha value is -0.310. The lowest BCUT2D eigenvalue weighted by atomic mass is 9.68. The maximum atomic E-state index is 11.0. The van der Waals surface area contributed by atoms with Crippen LogP contribution in [-0.2, 0) is 4.79 Å². The van der Waals surface area contributed by atoms with E-state index in [2.05, 4.69) is 15.9 Å². The van der Waals surface area contributed by atoms with Crippen molar-refractivity contribution < 1.29 is 9.90 Å². The Bertz CT molecular complexity index is 268. The van der Waals surface area contributed by atoms with Crippen LogP contribution in [0.1, 0.15) is 33.6 Å². The highest BCUT2D eigenvalue weighted by Gasteiger charge is 2.49. The van der Waals surface area contributed by atoms with Crippen molar-refractivity contribution >= 4 is 21.9 Å². The van der Waals surface area contributed by atoms with Crippen molar-refractivity contribution in [1.82, 2.24) is 0 Å². The summed E-state index contributed by atoms with van der Waals surface area (Å²) in [5.41, 5.74) is 0.112. The van der Waals surface area contributed by atoms with Crippen molar-refractivity contribution in [3.05, 3.63) is 10.6 Å². The quantitative estimate of drug-likeness (QED) is 0.708. The van der Waals surface area contributed by atoms with Crippen LogP contribution in [-0.4, -0.2) is 5.97 Å². The van der Waals surface area contributed by atoms with Gasteiger partial charge in [-0.1, -0.05) is 42.3 Å². The number of carboxylic acids is 1. The minimum absolute atomic E-state index is 0.310. The highest BCUT2D eigenvalue weighted by molar-refractivity contribution is 9.11. The molecule has 13 heavy (non-hydrogen) atoms. The fourth-order valence-corrected chi connectivity index (χ4v) is 2.71. The number of rotatable bonds is 1. The zero-order chi connectivity index (χ0) is 10.3. The van der Waals surface area contributed by atoms with Gasteiger partial charge < -0.3 is 9.90 Å². The van der Waals surface area contributed by atoms with E-state index in [1.54, 1.807) is 6.92 Å². The second kappa shape index (κ2) is 3.12. The van der Waals surface area contributed by atoms with E-state index < -0.39 is 11.4 Å². The molecule has 0 aromatic carbocycles. The first kappa shape index (κ1) is 10.8. The SMILES string of the molecule is CC1(C)/C(=C/Br)CC[C@@]1(C)C(=O)[O-]. The molecule has 74 valence electrons. The Morgan fingerprint density at radius 1 is 1.54 bits per heavy atom. The molecule has 0 radical (unpaired) electrons. The topological polar surface area (TPSA) is 40.1 Å². The molecule has 0 aromatic heterocycles. The molecule has 0 spiro atoms. The molecule has 1 rings (SSSR count). The summed E-state index contributed by atoms with van der Waals surface area (Å²) in [6, 6.07) is 0. The van der Waals surface area contributed by atoms with Gasteiger partial charge >= 0.3 is 0 Å². The fourth-order valence-electron chi connectivity index (χ4n) is 1.91. The first-order valence-corrected chi connectivity index (χ1v) is 5.29. The standard InChI is InChI=1S/C10H15BrO2/c1-9(2)7(6-11)4-5-10(9,3)8(12)13/h6H,4-5H2,1-3H3,(H,12,13)/p-1/b7-6+/t10-/m0/s1. The lowest BCUT2D eigenvalue weighted by Crippen LogP contribution is -2.46. The van der Waals surface area contributed by atoms with Crippen LogP contribution in [0.25, 0.3) is 0 Å². The van der Waals surface area contributed by atoms with Gasteiger partial charge in [-0.05, 0) is 23.2 Å². The molecule has 0 aliphatic heterocycles. The summed E-state index contributed by atoms with van der Waals surface area (Å²) in [5, 5.41) is 11.0. The van der Waals surface area contributed by atoms with Gasteiger partial charge in [-0.15, -0.1) is 0 Å². The molecule has 0 heterocycles. The molecule has 1 aliphatic rings. The van der Waals surface area contributed by atoms with E-state index in [1.165, 1.54) is 0 Å². The number of carbonyl (C=O) groups excluding carboxylic acids is 1. The van der Waals surface area contributed by atoms with E-state index in [-0.39, 0.29) is 5.41 Å². The second-order valence-corrected chi connectivity index (χ2v) is 4.84. The number of halogens is 1. The third-order valence-electron chi connectivity index (χ3n) is 3.66. The van der Waals surface area contributed by atoms with Gasteiger partial charge in [-0.25, -0.2) is 0 Å². The predicted molar refractivity (Wildman–Crippen MR) is 53.1 cm³/mol. The number of hydrogen-bond donors (Lipinski definition) is 0. The van der Waals surface area contributed by atoms with Crippen LogP contribution in [0.15, 0.2) is 10.6 Å². The first-order chi connectivity index (χ1) is 5.86. The van der Waals surface area contributed by atoms with Gasteiger partial charge in [-0.2, -0.15) is 0 Å². The number of allylic oxidation sites excluding steroid dienone is 1. The summed E-state index contributed by atoms with van der Waals surface area (Å²) in [4.78, 5) is 12.9. The lowest BCUT2D eigenvalue weighted by Gasteiger charge is -2.39. The predicted octanol–water partition coefficient (Wildman–Crippen LogP) is 1.84. The van der Waals surface area contributed by atoms with Crippen LogP contribution in [0.2, 0.25) is 0 Å². The van der Waals surface area contributed by atoms with Crippen LogP contribution in [0.3, 0.4) is 0 Å². The van der Waals surface area contributed by atoms with E-state index in [0.29, 0.717) is 6.42 Å². The van der Waals surface area contributed by atoms with Gasteiger partial charge in [0.2, 0.25) is 0 Å². The second-order valence-electron chi connectivity index (χ2n) is 4.38. The van der Waals surface area contributed by atoms with Crippen molar-refractivity contribution in [3.8, 4) is 0 Å². The lowest BCUT2D eigenvalue weighted by molar-refractivity contribution is -0.322. The Morgan fingerprint density at radius 2 is 2.08 bits per heavy atom. The molecular weight excluding hydrogens is 232 g/mol. The highest BCUT2D eigenvalue weighted by atomic mass is 79.9. The molecule has 1 fully saturated rings. The van der Waals surface area contributed by atoms with Gasteiger partial charge in [0.25, 0.3) is 0 Å². The van der Waals surface area contributed by atoms with Crippen LogP contribution < -0.4 is 5.11 Å². The summed E-state index contributed by atoms with van der Waals surface area (Å²) in [6.45, 7) is 5.69. The monoisotopic (exact) mass is 245 g/mol. The normalized spacial score (nSPS) is 35.2. The minimum Gasteiger partial charge on any atom is -0.550 e. The largest absolute Gasteiger partial charge is 0.550 e. The number of carbonyl (C=O) groups is 1. The van der Waals surface area contributed by atoms with Crippen LogP contribution in [0.4, 0.5) is 0 Å². The van der Waals surface area contributed by atoms with Gasteiger partial charge in [0, 0.05) is 11.4 Å². The molecular formula is C10H14BrO2-. The molecule has 1 atom stereocenters. The van der Waals surface area contributed by atoms with Crippen molar-refractivity contribution in [2.45, 2.75) is 33.6 Å². The van der Waals surface area contributed by atoms with E-state index >= 15 is 0 Å². The van der Waals surface area contributed by atoms with Gasteiger partial charge in [0.15, 0.2) is 0 Å². The summed E-state index contributed by atoms with van der Waals surface area (Å²) < 4.78 is 0. The molecule has 1 saturated carbocycles. The number of aliphatic carboxylic acids is 1. The Kier molecular flexibility index (Phi) is 2.59. The van der Waals surface area contributed by atoms with E-state index in [9.17, 15) is 9.90 Å². The average Bonchev–Trinajstić information content (AvgIpc) is 2.25. The van der Waals surface area contributed by atoms with Crippen molar-refractivity contribution in [2.75, 3.05) is 0 Å². The molecule has 0 bridgehead atoms. The Balaban J connectivity index is 3.14. The van der Waals surface area contributed by atoms with Gasteiger partial charge in [-0.3, -0.25) is 0 Å². The molecule has 0 unspecified atom stereocenters. The van der Waals surface area contributed by atoms with E-state index in [4.69, 9.17) is 0 Å².